The number of hydrogen-bond acceptors (Lipinski definition) is 3. The number of carboxylic acid groups (broad SMARTS) is 1. The number of aliphatic carboxylic acids is 1. The predicted molar refractivity (Wildman–Crippen MR) is 37.4 cm³/mol. The lowest BCUT2D eigenvalue weighted by atomic mass is 9.81. The predicted octanol–water partition coefficient (Wildman–Crippen LogP) is 1.07. The monoisotopic (exact) mass is 154 g/mol. The quantitative estimate of drug-likeness (QED) is 0.614. The van der Waals surface area contributed by atoms with Gasteiger partial charge in [-0.25, -0.2) is 0 Å². The second-order valence-electron chi connectivity index (χ2n) is 3.21. The van der Waals surface area contributed by atoms with Gasteiger partial charge in [0.1, 0.15) is 0 Å². The second kappa shape index (κ2) is 2.29. The molecule has 1 N–H and O–H groups in total. The van der Waals surface area contributed by atoms with Gasteiger partial charge in [0.25, 0.3) is 0 Å². The number of carbonyl (C=O) groups is 1. The third-order valence-corrected chi connectivity index (χ3v) is 2.48. The van der Waals surface area contributed by atoms with Gasteiger partial charge in [-0.1, -0.05) is 0 Å². The van der Waals surface area contributed by atoms with Crippen molar-refractivity contribution >= 4 is 5.97 Å². The summed E-state index contributed by atoms with van der Waals surface area (Å²) >= 11 is 0. The molecule has 3 rings (SSSR count). The summed E-state index contributed by atoms with van der Waals surface area (Å²) < 4.78 is 0. The maximum Gasteiger partial charge on any atom is 0.308 e. The largest absolute Gasteiger partial charge is 0.481 e. The van der Waals surface area contributed by atoms with Crippen molar-refractivity contribution in [1.29, 1.82) is 0 Å². The Morgan fingerprint density at radius 3 is 2.45 bits per heavy atom. The van der Waals surface area contributed by atoms with Crippen molar-refractivity contribution in [2.24, 2.45) is 16.1 Å². The molecule has 0 aromatic carbocycles. The van der Waals surface area contributed by atoms with Crippen molar-refractivity contribution in [1.82, 2.24) is 0 Å². The zero-order valence-corrected chi connectivity index (χ0v) is 6.10. The molecule has 4 heteroatoms. The fourth-order valence-corrected chi connectivity index (χ4v) is 1.82. The second-order valence-corrected chi connectivity index (χ2v) is 3.21. The molecule has 3 aliphatic rings. The Morgan fingerprint density at radius 2 is 2.18 bits per heavy atom. The van der Waals surface area contributed by atoms with Crippen LogP contribution in [0.3, 0.4) is 0 Å². The molecule has 2 aliphatic heterocycles. The van der Waals surface area contributed by atoms with Crippen LogP contribution in [0, 0.1) is 5.92 Å². The minimum Gasteiger partial charge on any atom is -0.481 e. The Hall–Kier alpha value is -0.930. The van der Waals surface area contributed by atoms with Crippen molar-refractivity contribution in [2.75, 3.05) is 0 Å². The maximum atomic E-state index is 10.6. The summed E-state index contributed by atoms with van der Waals surface area (Å²) in [7, 11) is 0. The zero-order valence-electron chi connectivity index (χ0n) is 6.10. The first-order valence-electron chi connectivity index (χ1n) is 3.90. The average Bonchev–Trinajstić information content (AvgIpc) is 2.06. The summed E-state index contributed by atoms with van der Waals surface area (Å²) in [5.74, 6) is -0.968. The van der Waals surface area contributed by atoms with Crippen LogP contribution in [-0.2, 0) is 4.79 Å². The molecule has 11 heavy (non-hydrogen) atoms. The molecule has 0 aromatic rings. The molecule has 0 saturated heterocycles. The summed E-state index contributed by atoms with van der Waals surface area (Å²) in [5, 5.41) is 16.7. The molecular formula is C7H10N2O2. The fraction of sp³-hybridized carbons (Fsp3) is 0.857. The summed E-state index contributed by atoms with van der Waals surface area (Å²) in [6.07, 6.45) is 2.63. The summed E-state index contributed by atoms with van der Waals surface area (Å²) in [4.78, 5) is 10.6. The molecule has 3 unspecified atom stereocenters. The Bertz CT molecular complexity index is 214. The fourth-order valence-electron chi connectivity index (χ4n) is 1.82. The van der Waals surface area contributed by atoms with Gasteiger partial charge in [0.2, 0.25) is 0 Å². The van der Waals surface area contributed by atoms with Gasteiger partial charge in [-0.05, 0) is 19.3 Å². The molecule has 2 bridgehead atoms. The molecule has 0 aromatic heterocycles. The first kappa shape index (κ1) is 6.76. The Balaban J connectivity index is 2.17. The number of nitrogens with zero attached hydrogens (tertiary/aromatic N) is 2. The van der Waals surface area contributed by atoms with E-state index in [-0.39, 0.29) is 18.0 Å². The maximum absolute atomic E-state index is 10.6. The molecule has 0 radical (unpaired) electrons. The Kier molecular flexibility index (Phi) is 1.41. The highest BCUT2D eigenvalue weighted by Crippen LogP contribution is 2.34. The highest BCUT2D eigenvalue weighted by molar-refractivity contribution is 5.71. The van der Waals surface area contributed by atoms with E-state index in [4.69, 9.17) is 5.11 Å². The number of hydrogen-bond donors (Lipinski definition) is 1. The van der Waals surface area contributed by atoms with Crippen LogP contribution in [0.25, 0.3) is 0 Å². The molecule has 4 nitrogen and oxygen atoms in total. The van der Waals surface area contributed by atoms with Gasteiger partial charge >= 0.3 is 5.97 Å². The molecule has 2 heterocycles. The lowest BCUT2D eigenvalue weighted by Crippen LogP contribution is -2.38. The smallest absolute Gasteiger partial charge is 0.308 e. The average molecular weight is 154 g/mol. The third kappa shape index (κ3) is 1.02. The van der Waals surface area contributed by atoms with E-state index in [1.807, 2.05) is 0 Å². The van der Waals surface area contributed by atoms with Gasteiger partial charge in [-0.3, -0.25) is 4.79 Å². The highest BCUT2D eigenvalue weighted by Gasteiger charge is 2.38. The van der Waals surface area contributed by atoms with Gasteiger partial charge in [0.05, 0.1) is 18.0 Å². The van der Waals surface area contributed by atoms with Gasteiger partial charge in [-0.2, -0.15) is 10.2 Å². The molecule has 1 saturated carbocycles. The Labute approximate surface area is 64.3 Å². The molecule has 1 aliphatic carbocycles. The minimum atomic E-state index is -0.710. The van der Waals surface area contributed by atoms with Crippen LogP contribution in [0.4, 0.5) is 0 Å². The van der Waals surface area contributed by atoms with E-state index >= 15 is 0 Å². The van der Waals surface area contributed by atoms with E-state index in [1.165, 1.54) is 0 Å². The van der Waals surface area contributed by atoms with Gasteiger partial charge in [0, 0.05) is 0 Å². The Morgan fingerprint density at radius 1 is 1.36 bits per heavy atom. The first-order valence-corrected chi connectivity index (χ1v) is 3.90. The van der Waals surface area contributed by atoms with Crippen LogP contribution in [-0.4, -0.2) is 23.2 Å². The van der Waals surface area contributed by atoms with E-state index in [0.717, 1.165) is 12.8 Å². The highest BCUT2D eigenvalue weighted by atomic mass is 16.4. The van der Waals surface area contributed by atoms with Crippen molar-refractivity contribution in [3.63, 3.8) is 0 Å². The van der Waals surface area contributed by atoms with Crippen molar-refractivity contribution in [3.05, 3.63) is 0 Å². The van der Waals surface area contributed by atoms with E-state index < -0.39 is 5.97 Å². The topological polar surface area (TPSA) is 62.0 Å². The van der Waals surface area contributed by atoms with Crippen LogP contribution in [0.5, 0.6) is 0 Å². The summed E-state index contributed by atoms with van der Waals surface area (Å²) in [6, 6.07) is 0.165. The van der Waals surface area contributed by atoms with Gasteiger partial charge in [0.15, 0.2) is 0 Å². The zero-order chi connectivity index (χ0) is 7.84. The SMILES string of the molecule is O=C(O)C1CC2CCC1N=N2. The van der Waals surface area contributed by atoms with Crippen LogP contribution in [0.1, 0.15) is 19.3 Å². The lowest BCUT2D eigenvalue weighted by Gasteiger charge is -2.32. The molecule has 1 fully saturated rings. The number of rotatable bonds is 1. The molecular weight excluding hydrogens is 144 g/mol. The standard InChI is InChI=1S/C7H10N2O2/c10-7(11)5-3-4-1-2-6(5)9-8-4/h4-6H,1-3H2,(H,10,11). The number of fused-ring (bicyclic) bond motifs is 2. The van der Waals surface area contributed by atoms with E-state index in [0.29, 0.717) is 6.42 Å². The van der Waals surface area contributed by atoms with Crippen molar-refractivity contribution in [2.45, 2.75) is 31.3 Å². The summed E-state index contributed by atoms with van der Waals surface area (Å²) in [6.45, 7) is 0. The lowest BCUT2D eigenvalue weighted by molar-refractivity contribution is -0.144. The van der Waals surface area contributed by atoms with Gasteiger partial charge in [-0.15, -0.1) is 0 Å². The van der Waals surface area contributed by atoms with Crippen molar-refractivity contribution < 1.29 is 9.90 Å². The molecule has 60 valence electrons. The van der Waals surface area contributed by atoms with E-state index in [9.17, 15) is 4.79 Å². The third-order valence-electron chi connectivity index (χ3n) is 2.48. The van der Waals surface area contributed by atoms with Crippen molar-refractivity contribution in [3.8, 4) is 0 Å². The summed E-state index contributed by atoms with van der Waals surface area (Å²) in [5.41, 5.74) is 0. The normalized spacial score (nSPS) is 40.9. The number of carboxylic acids is 1. The minimum absolute atomic E-state index is 0.0301. The first-order chi connectivity index (χ1) is 5.27. The van der Waals surface area contributed by atoms with Gasteiger partial charge < -0.3 is 5.11 Å². The number of azo groups is 1. The molecule has 0 spiro atoms. The van der Waals surface area contributed by atoms with E-state index in [2.05, 4.69) is 10.2 Å². The molecule has 0 amide bonds. The van der Waals surface area contributed by atoms with Crippen LogP contribution in [0.15, 0.2) is 10.2 Å². The van der Waals surface area contributed by atoms with E-state index in [1.54, 1.807) is 0 Å². The molecule has 3 atom stereocenters. The van der Waals surface area contributed by atoms with Crippen LogP contribution < -0.4 is 0 Å². The van der Waals surface area contributed by atoms with Crippen LogP contribution in [0.2, 0.25) is 0 Å². The van der Waals surface area contributed by atoms with Crippen LogP contribution >= 0.6 is 0 Å².